The second kappa shape index (κ2) is 3.42. The second-order valence-corrected chi connectivity index (χ2v) is 3.80. The van der Waals surface area contributed by atoms with Crippen molar-refractivity contribution in [2.24, 2.45) is 5.41 Å². The molecule has 1 aliphatic rings. The normalized spacial score (nSPS) is 17.8. The fraction of sp³-hybridized carbons (Fsp3) is 0.556. The Kier molecular flexibility index (Phi) is 2.25. The molecule has 0 spiro atoms. The quantitative estimate of drug-likeness (QED) is 0.639. The Morgan fingerprint density at radius 1 is 1.43 bits per heavy atom. The first kappa shape index (κ1) is 9.21. The maximum atomic E-state index is 9.10. The molecule has 1 aromatic heterocycles. The second-order valence-electron chi connectivity index (χ2n) is 3.80. The highest BCUT2D eigenvalue weighted by atomic mass is 16.3. The maximum absolute atomic E-state index is 9.10. The molecule has 0 atom stereocenters. The van der Waals surface area contributed by atoms with E-state index in [1.807, 2.05) is 0 Å². The van der Waals surface area contributed by atoms with Crippen molar-refractivity contribution < 1.29 is 5.11 Å². The summed E-state index contributed by atoms with van der Waals surface area (Å²) in [6.07, 6.45) is 5.28. The first-order valence-electron chi connectivity index (χ1n) is 4.67. The van der Waals surface area contributed by atoms with E-state index in [4.69, 9.17) is 10.8 Å². The third-order valence-corrected chi connectivity index (χ3v) is 2.65. The van der Waals surface area contributed by atoms with E-state index in [-0.39, 0.29) is 12.0 Å². The van der Waals surface area contributed by atoms with Crippen LogP contribution in [0.5, 0.6) is 0 Å². The van der Waals surface area contributed by atoms with Crippen LogP contribution in [0.4, 0.5) is 11.6 Å². The molecule has 0 radical (unpaired) electrons. The van der Waals surface area contributed by atoms with Gasteiger partial charge in [0.15, 0.2) is 11.6 Å². The minimum atomic E-state index is 0.0595. The van der Waals surface area contributed by atoms with Gasteiger partial charge in [-0.2, -0.15) is 0 Å². The SMILES string of the molecule is Nc1nccnc1NCC1(CO)CC1. The average molecular weight is 194 g/mol. The third kappa shape index (κ3) is 1.77. The number of aromatic nitrogens is 2. The van der Waals surface area contributed by atoms with Gasteiger partial charge in [0.25, 0.3) is 0 Å². The van der Waals surface area contributed by atoms with E-state index in [1.54, 1.807) is 12.4 Å². The number of nitrogens with two attached hydrogens (primary N) is 1. The van der Waals surface area contributed by atoms with Gasteiger partial charge in [0.05, 0.1) is 6.61 Å². The third-order valence-electron chi connectivity index (χ3n) is 2.65. The van der Waals surface area contributed by atoms with Crippen LogP contribution >= 0.6 is 0 Å². The van der Waals surface area contributed by atoms with E-state index < -0.39 is 0 Å². The van der Waals surface area contributed by atoms with Crippen molar-refractivity contribution in [1.82, 2.24) is 9.97 Å². The van der Waals surface area contributed by atoms with Crippen LogP contribution in [0.1, 0.15) is 12.8 Å². The molecule has 5 heteroatoms. The molecule has 1 aromatic rings. The topological polar surface area (TPSA) is 84.1 Å². The molecule has 0 unspecified atom stereocenters. The van der Waals surface area contributed by atoms with E-state index in [0.29, 0.717) is 18.2 Å². The van der Waals surface area contributed by atoms with Gasteiger partial charge < -0.3 is 16.2 Å². The van der Waals surface area contributed by atoms with Crippen molar-refractivity contribution in [2.75, 3.05) is 24.2 Å². The monoisotopic (exact) mass is 194 g/mol. The van der Waals surface area contributed by atoms with Crippen molar-refractivity contribution in [2.45, 2.75) is 12.8 Å². The summed E-state index contributed by atoms with van der Waals surface area (Å²) < 4.78 is 0. The van der Waals surface area contributed by atoms with Gasteiger partial charge in [-0.15, -0.1) is 0 Å². The molecule has 0 aliphatic heterocycles. The molecule has 1 saturated carbocycles. The first-order chi connectivity index (χ1) is 6.76. The lowest BCUT2D eigenvalue weighted by atomic mass is 10.1. The van der Waals surface area contributed by atoms with E-state index in [9.17, 15) is 0 Å². The molecular formula is C9H14N4O. The Bertz CT molecular complexity index is 324. The van der Waals surface area contributed by atoms with Crippen molar-refractivity contribution in [3.8, 4) is 0 Å². The van der Waals surface area contributed by atoms with Crippen LogP contribution in [0.25, 0.3) is 0 Å². The number of nitrogens with zero attached hydrogens (tertiary/aromatic N) is 2. The number of nitrogen functional groups attached to an aromatic ring is 1. The fourth-order valence-corrected chi connectivity index (χ4v) is 1.32. The van der Waals surface area contributed by atoms with Crippen LogP contribution in [-0.2, 0) is 0 Å². The van der Waals surface area contributed by atoms with Gasteiger partial charge >= 0.3 is 0 Å². The van der Waals surface area contributed by atoms with Gasteiger partial charge in [-0.1, -0.05) is 0 Å². The number of hydrogen-bond donors (Lipinski definition) is 3. The average Bonchev–Trinajstić information content (AvgIpc) is 2.98. The van der Waals surface area contributed by atoms with E-state index in [2.05, 4.69) is 15.3 Å². The van der Waals surface area contributed by atoms with Crippen LogP contribution in [0.3, 0.4) is 0 Å². The van der Waals surface area contributed by atoms with Gasteiger partial charge in [-0.05, 0) is 12.8 Å². The lowest BCUT2D eigenvalue weighted by molar-refractivity contribution is 0.219. The minimum Gasteiger partial charge on any atom is -0.396 e. The Balaban J connectivity index is 1.95. The zero-order valence-electron chi connectivity index (χ0n) is 7.90. The highest BCUT2D eigenvalue weighted by Gasteiger charge is 2.41. The van der Waals surface area contributed by atoms with Crippen LogP contribution in [0.15, 0.2) is 12.4 Å². The predicted octanol–water partition coefficient (Wildman–Crippen LogP) is 0.243. The number of anilines is 2. The molecule has 4 N–H and O–H groups in total. The molecule has 1 heterocycles. The van der Waals surface area contributed by atoms with Gasteiger partial charge in [-0.25, -0.2) is 9.97 Å². The molecule has 1 fully saturated rings. The Labute approximate surface area is 82.4 Å². The summed E-state index contributed by atoms with van der Waals surface area (Å²) >= 11 is 0. The van der Waals surface area contributed by atoms with Gasteiger partial charge in [0.2, 0.25) is 0 Å². The molecule has 0 bridgehead atoms. The fourth-order valence-electron chi connectivity index (χ4n) is 1.32. The molecule has 0 aromatic carbocycles. The number of hydrogen-bond acceptors (Lipinski definition) is 5. The molecule has 2 rings (SSSR count). The summed E-state index contributed by atoms with van der Waals surface area (Å²) in [6, 6.07) is 0. The van der Waals surface area contributed by atoms with E-state index >= 15 is 0 Å². The summed E-state index contributed by atoms with van der Waals surface area (Å²) in [7, 11) is 0. The molecule has 1 aliphatic carbocycles. The van der Waals surface area contributed by atoms with Crippen molar-refractivity contribution in [3.63, 3.8) is 0 Å². The molecular weight excluding hydrogens is 180 g/mol. The lowest BCUT2D eigenvalue weighted by Crippen LogP contribution is -2.20. The zero-order chi connectivity index (χ0) is 10.0. The Morgan fingerprint density at radius 3 is 2.71 bits per heavy atom. The highest BCUT2D eigenvalue weighted by Crippen LogP contribution is 2.44. The summed E-state index contributed by atoms with van der Waals surface area (Å²) in [5.74, 6) is 1.01. The number of aliphatic hydroxyl groups is 1. The maximum Gasteiger partial charge on any atom is 0.168 e. The number of aliphatic hydroxyl groups excluding tert-OH is 1. The lowest BCUT2D eigenvalue weighted by Gasteiger charge is -2.13. The summed E-state index contributed by atoms with van der Waals surface area (Å²) in [5.41, 5.74) is 5.67. The molecule has 5 nitrogen and oxygen atoms in total. The molecule has 0 saturated heterocycles. The van der Waals surface area contributed by atoms with Crippen molar-refractivity contribution in [3.05, 3.63) is 12.4 Å². The number of nitrogens with one attached hydrogen (secondary N) is 1. The van der Waals surface area contributed by atoms with E-state index in [1.165, 1.54) is 0 Å². The zero-order valence-corrected chi connectivity index (χ0v) is 7.90. The van der Waals surface area contributed by atoms with Crippen LogP contribution in [-0.4, -0.2) is 28.2 Å². The smallest absolute Gasteiger partial charge is 0.168 e. The molecule has 76 valence electrons. The van der Waals surface area contributed by atoms with Gasteiger partial charge in [0.1, 0.15) is 0 Å². The first-order valence-corrected chi connectivity index (χ1v) is 4.67. The minimum absolute atomic E-state index is 0.0595. The van der Waals surface area contributed by atoms with Crippen LogP contribution < -0.4 is 11.1 Å². The van der Waals surface area contributed by atoms with Gasteiger partial charge in [0, 0.05) is 24.4 Å². The number of rotatable bonds is 4. The highest BCUT2D eigenvalue weighted by molar-refractivity contribution is 5.55. The van der Waals surface area contributed by atoms with Crippen molar-refractivity contribution >= 4 is 11.6 Å². The standard InChI is InChI=1S/C9H14N4O/c10-7-8(12-4-3-11-7)13-5-9(6-14)1-2-9/h3-4,14H,1-2,5-6H2,(H2,10,11)(H,12,13). The summed E-state index contributed by atoms with van der Waals surface area (Å²) in [6.45, 7) is 0.937. The molecule has 14 heavy (non-hydrogen) atoms. The van der Waals surface area contributed by atoms with E-state index in [0.717, 1.165) is 12.8 Å². The van der Waals surface area contributed by atoms with Crippen molar-refractivity contribution in [1.29, 1.82) is 0 Å². The Hall–Kier alpha value is -1.36. The molecule has 0 amide bonds. The van der Waals surface area contributed by atoms with Crippen LogP contribution in [0.2, 0.25) is 0 Å². The van der Waals surface area contributed by atoms with Gasteiger partial charge in [-0.3, -0.25) is 0 Å². The van der Waals surface area contributed by atoms with Crippen LogP contribution in [0, 0.1) is 5.41 Å². The summed E-state index contributed by atoms with van der Waals surface area (Å²) in [4.78, 5) is 7.98. The Morgan fingerprint density at radius 2 is 2.14 bits per heavy atom. The summed E-state index contributed by atoms with van der Waals surface area (Å²) in [5, 5.41) is 12.2. The largest absolute Gasteiger partial charge is 0.396 e. The predicted molar refractivity (Wildman–Crippen MR) is 53.7 cm³/mol.